The summed E-state index contributed by atoms with van der Waals surface area (Å²) in [5, 5.41) is 0. The van der Waals surface area contributed by atoms with E-state index < -0.39 is 23.0 Å². The second kappa shape index (κ2) is 10.8. The Balaban J connectivity index is 1.34. The van der Waals surface area contributed by atoms with Crippen molar-refractivity contribution in [1.82, 2.24) is 9.88 Å². The first-order valence-electron chi connectivity index (χ1n) is 12.2. The summed E-state index contributed by atoms with van der Waals surface area (Å²) < 4.78 is 71.0. The average Bonchev–Trinajstić information content (AvgIpc) is 3.38. The van der Waals surface area contributed by atoms with E-state index in [4.69, 9.17) is 14.2 Å². The molecule has 200 valence electrons. The monoisotopic (exact) mass is 539 g/mol. The molecule has 0 N–H and O–H groups in total. The lowest BCUT2D eigenvalue weighted by Gasteiger charge is -2.32. The lowest BCUT2D eigenvalue weighted by molar-refractivity contribution is -0.135. The third kappa shape index (κ3) is 5.21. The van der Waals surface area contributed by atoms with Gasteiger partial charge < -0.3 is 24.0 Å². The molecule has 2 saturated heterocycles. The van der Waals surface area contributed by atoms with E-state index >= 15 is 4.39 Å². The number of nitrogens with zero attached hydrogens (tertiary/aromatic N) is 3. The van der Waals surface area contributed by atoms with E-state index in [0.717, 1.165) is 0 Å². The molecule has 1 aromatic carbocycles. The number of carbonyl (C=O) groups is 1. The van der Waals surface area contributed by atoms with Gasteiger partial charge in [0.1, 0.15) is 24.1 Å². The molecule has 37 heavy (non-hydrogen) atoms. The topological polar surface area (TPSA) is 81.2 Å². The van der Waals surface area contributed by atoms with Crippen molar-refractivity contribution in [2.45, 2.75) is 31.8 Å². The second-order valence-electron chi connectivity index (χ2n) is 9.25. The Kier molecular flexibility index (Phi) is 7.45. The van der Waals surface area contributed by atoms with Gasteiger partial charge in [0.15, 0.2) is 11.6 Å². The van der Waals surface area contributed by atoms with Crippen LogP contribution in [0.5, 0.6) is 17.4 Å². The predicted molar refractivity (Wildman–Crippen MR) is 131 cm³/mol. The van der Waals surface area contributed by atoms with E-state index in [0.29, 0.717) is 43.9 Å². The zero-order chi connectivity index (χ0) is 26.1. The molecule has 3 aliphatic rings. The highest BCUT2D eigenvalue weighted by atomic mass is 32.2. The molecule has 0 bridgehead atoms. The van der Waals surface area contributed by atoms with Crippen molar-refractivity contribution in [2.75, 3.05) is 49.8 Å². The number of hydrogen-bond acceptors (Lipinski definition) is 7. The fourth-order valence-corrected chi connectivity index (χ4v) is 6.34. The predicted octanol–water partition coefficient (Wildman–Crippen LogP) is 3.84. The highest BCUT2D eigenvalue weighted by Crippen LogP contribution is 2.44. The number of pyridine rings is 1. The first-order chi connectivity index (χ1) is 17.9. The number of carbonyl (C=O) groups excluding carboxylic acids is 1. The Morgan fingerprint density at radius 1 is 1.22 bits per heavy atom. The van der Waals surface area contributed by atoms with Gasteiger partial charge in [0, 0.05) is 41.2 Å². The van der Waals surface area contributed by atoms with Crippen molar-refractivity contribution in [2.24, 2.45) is 5.92 Å². The number of likely N-dealkylation sites (tertiary alicyclic amines) is 1. The molecular formula is C25H28F3N3O5S. The molecule has 0 spiro atoms. The van der Waals surface area contributed by atoms with Crippen molar-refractivity contribution < 1.29 is 36.4 Å². The van der Waals surface area contributed by atoms with Crippen molar-refractivity contribution in [3.05, 3.63) is 35.8 Å². The van der Waals surface area contributed by atoms with Crippen LogP contribution in [-0.4, -0.2) is 71.0 Å². The van der Waals surface area contributed by atoms with Crippen molar-refractivity contribution >= 4 is 28.1 Å². The number of benzene rings is 1. The Hall–Kier alpha value is -3.02. The van der Waals surface area contributed by atoms with Crippen LogP contribution in [0.1, 0.15) is 31.3 Å². The van der Waals surface area contributed by atoms with Gasteiger partial charge in [0.05, 0.1) is 37.6 Å². The van der Waals surface area contributed by atoms with E-state index in [1.807, 2.05) is 0 Å². The molecule has 3 aliphatic heterocycles. The summed E-state index contributed by atoms with van der Waals surface area (Å²) in [5.74, 6) is 0.407. The van der Waals surface area contributed by atoms with Gasteiger partial charge in [-0.15, -0.1) is 0 Å². The Bertz CT molecular complexity index is 1190. The quantitative estimate of drug-likeness (QED) is 0.552. The van der Waals surface area contributed by atoms with Crippen LogP contribution >= 0.6 is 0 Å². The highest BCUT2D eigenvalue weighted by molar-refractivity contribution is 7.85. The summed E-state index contributed by atoms with van der Waals surface area (Å²) >= 11 is 0. The van der Waals surface area contributed by atoms with E-state index in [9.17, 15) is 17.8 Å². The number of halogens is 3. The maximum Gasteiger partial charge on any atom is 0.269 e. The lowest BCUT2D eigenvalue weighted by Crippen LogP contribution is -2.38. The molecular weight excluding hydrogens is 511 g/mol. The van der Waals surface area contributed by atoms with Gasteiger partial charge in [-0.25, -0.2) is 18.2 Å². The standard InChI is InChI=1S/C25H28F3N3O5S/c1-34-24-18(23(27)28)12-16(13-29-24)31-8-9-35-20-3-2-19(21(26)22(20)31)36-17-4-7-30(14-17)25(32)15-5-10-37(33)11-6-15/h2-3,12-13,15,17,23H,4-11,14H2,1H3/t15?,17-,37?/m0/s1. The normalized spacial score (nSPS) is 23.5. The number of amides is 1. The molecule has 0 aliphatic carbocycles. The molecule has 1 atom stereocenters. The van der Waals surface area contributed by atoms with Crippen LogP contribution in [0.4, 0.5) is 24.5 Å². The molecule has 1 amide bonds. The van der Waals surface area contributed by atoms with Crippen LogP contribution in [0.2, 0.25) is 0 Å². The summed E-state index contributed by atoms with van der Waals surface area (Å²) in [4.78, 5) is 20.1. The van der Waals surface area contributed by atoms with Crippen LogP contribution in [0.3, 0.4) is 0 Å². The van der Waals surface area contributed by atoms with E-state index in [2.05, 4.69) is 4.98 Å². The number of rotatable bonds is 6. The summed E-state index contributed by atoms with van der Waals surface area (Å²) in [6, 6.07) is 4.31. The molecule has 5 rings (SSSR count). The average molecular weight is 540 g/mol. The van der Waals surface area contributed by atoms with Crippen LogP contribution < -0.4 is 19.1 Å². The number of ether oxygens (including phenoxy) is 3. The van der Waals surface area contributed by atoms with Crippen LogP contribution in [0.25, 0.3) is 0 Å². The van der Waals surface area contributed by atoms with Crippen molar-refractivity contribution in [3.8, 4) is 17.4 Å². The number of anilines is 2. The molecule has 4 heterocycles. The summed E-state index contributed by atoms with van der Waals surface area (Å²) in [6.07, 6.45) is -0.0477. The zero-order valence-corrected chi connectivity index (χ0v) is 21.1. The summed E-state index contributed by atoms with van der Waals surface area (Å²) in [7, 11) is 0.423. The minimum Gasteiger partial charge on any atom is -0.489 e. The van der Waals surface area contributed by atoms with Gasteiger partial charge in [0.2, 0.25) is 11.8 Å². The fraction of sp³-hybridized carbons (Fsp3) is 0.520. The van der Waals surface area contributed by atoms with Gasteiger partial charge in [-0.05, 0) is 31.0 Å². The molecule has 0 unspecified atom stereocenters. The Morgan fingerprint density at radius 3 is 2.73 bits per heavy atom. The smallest absolute Gasteiger partial charge is 0.269 e. The minimum atomic E-state index is -2.81. The van der Waals surface area contributed by atoms with Gasteiger partial charge in [-0.1, -0.05) is 0 Å². The largest absolute Gasteiger partial charge is 0.489 e. The first-order valence-corrected chi connectivity index (χ1v) is 13.7. The third-order valence-corrected chi connectivity index (χ3v) is 8.36. The SMILES string of the molecule is COc1ncc(N2CCOc3ccc(O[C@H]4CCN(C(=O)C5CCS(=O)CC5)C4)c(F)c32)cc1C(F)F. The highest BCUT2D eigenvalue weighted by Gasteiger charge is 2.35. The molecule has 1 aromatic heterocycles. The number of alkyl halides is 2. The molecule has 2 fully saturated rings. The van der Waals surface area contributed by atoms with Crippen LogP contribution in [0, 0.1) is 11.7 Å². The lowest BCUT2D eigenvalue weighted by atomic mass is 10.0. The second-order valence-corrected chi connectivity index (χ2v) is 10.9. The Labute approximate surface area is 215 Å². The van der Waals surface area contributed by atoms with Gasteiger partial charge in [-0.3, -0.25) is 9.00 Å². The van der Waals surface area contributed by atoms with E-state index in [1.165, 1.54) is 30.3 Å². The first kappa shape index (κ1) is 25.6. The molecule has 0 radical (unpaired) electrons. The molecule has 2 aromatic rings. The van der Waals surface area contributed by atoms with E-state index in [1.54, 1.807) is 11.0 Å². The van der Waals surface area contributed by atoms with Gasteiger partial charge >= 0.3 is 0 Å². The number of aromatic nitrogens is 1. The summed E-state index contributed by atoms with van der Waals surface area (Å²) in [6.45, 7) is 1.31. The van der Waals surface area contributed by atoms with Crippen LogP contribution in [0.15, 0.2) is 24.4 Å². The summed E-state index contributed by atoms with van der Waals surface area (Å²) in [5.41, 5.74) is -0.0272. The molecule has 12 heteroatoms. The Morgan fingerprint density at radius 2 is 2.00 bits per heavy atom. The van der Waals surface area contributed by atoms with Crippen molar-refractivity contribution in [3.63, 3.8) is 0 Å². The van der Waals surface area contributed by atoms with Crippen LogP contribution in [-0.2, 0) is 15.6 Å². The third-order valence-electron chi connectivity index (χ3n) is 6.98. The number of fused-ring (bicyclic) bond motifs is 1. The molecule has 8 nitrogen and oxygen atoms in total. The minimum absolute atomic E-state index is 0.00262. The van der Waals surface area contributed by atoms with E-state index in [-0.39, 0.29) is 65.4 Å². The fourth-order valence-electron chi connectivity index (χ4n) is 5.04. The molecule has 0 saturated carbocycles. The maximum atomic E-state index is 15.8. The zero-order valence-electron chi connectivity index (χ0n) is 20.3. The number of hydrogen-bond donors (Lipinski definition) is 0. The van der Waals surface area contributed by atoms with Gasteiger partial charge in [0.25, 0.3) is 6.43 Å². The maximum absolute atomic E-state index is 15.8. The van der Waals surface area contributed by atoms with Gasteiger partial charge in [-0.2, -0.15) is 0 Å². The van der Waals surface area contributed by atoms with Crippen molar-refractivity contribution in [1.29, 1.82) is 0 Å². The number of methoxy groups -OCH3 is 1.